The molecule has 0 amide bonds. The van der Waals surface area contributed by atoms with Gasteiger partial charge in [-0.15, -0.1) is 0 Å². The van der Waals surface area contributed by atoms with Crippen LogP contribution >= 0.6 is 0 Å². The van der Waals surface area contributed by atoms with Crippen molar-refractivity contribution in [3.8, 4) is 5.75 Å². The van der Waals surface area contributed by atoms with Gasteiger partial charge in [-0.25, -0.2) is 0 Å². The molecule has 0 fully saturated rings. The summed E-state index contributed by atoms with van der Waals surface area (Å²) in [4.78, 5) is 11.3. The summed E-state index contributed by atoms with van der Waals surface area (Å²) in [5, 5.41) is 0. The van der Waals surface area contributed by atoms with Crippen LogP contribution in [0.15, 0.2) is 51.8 Å². The van der Waals surface area contributed by atoms with Crippen molar-refractivity contribution in [1.29, 1.82) is 0 Å². The molecule has 0 bridgehead atoms. The van der Waals surface area contributed by atoms with E-state index in [0.717, 1.165) is 5.57 Å². The van der Waals surface area contributed by atoms with Gasteiger partial charge < -0.3 is 13.9 Å². The van der Waals surface area contributed by atoms with Crippen LogP contribution in [0.4, 0.5) is 0 Å². The molecule has 2 rings (SSSR count). The molecule has 0 radical (unpaired) electrons. The summed E-state index contributed by atoms with van der Waals surface area (Å²) in [6.07, 6.45) is 3.69. The van der Waals surface area contributed by atoms with E-state index in [9.17, 15) is 4.79 Å². The van der Waals surface area contributed by atoms with E-state index in [0.29, 0.717) is 5.76 Å². The molecule has 2 heterocycles. The molecule has 1 aromatic rings. The first-order chi connectivity index (χ1) is 7.16. The van der Waals surface area contributed by atoms with Gasteiger partial charge in [-0.05, 0) is 12.5 Å². The van der Waals surface area contributed by atoms with Crippen LogP contribution < -0.4 is 10.2 Å². The fourth-order valence-electron chi connectivity index (χ4n) is 1.18. The lowest BCUT2D eigenvalue weighted by molar-refractivity contribution is 0.00861. The maximum absolute atomic E-state index is 11.3. The van der Waals surface area contributed by atoms with E-state index in [4.69, 9.17) is 13.9 Å². The smallest absolute Gasteiger partial charge is 0.261 e. The SMILES string of the molecule is C=C1OC(Oc2coccc2=O)C=C1C. The van der Waals surface area contributed by atoms with Gasteiger partial charge in [-0.2, -0.15) is 0 Å². The van der Waals surface area contributed by atoms with Crippen molar-refractivity contribution >= 4 is 0 Å². The summed E-state index contributed by atoms with van der Waals surface area (Å²) in [6.45, 7) is 5.54. The van der Waals surface area contributed by atoms with Crippen LogP contribution in [-0.4, -0.2) is 6.29 Å². The standard InChI is InChI=1S/C11H10O4/c1-7-5-11(14-8(7)2)15-10-6-13-4-3-9(10)12/h3-6,11H,2H2,1H3. The third kappa shape index (κ3) is 1.93. The van der Waals surface area contributed by atoms with Crippen molar-refractivity contribution in [2.24, 2.45) is 0 Å². The Morgan fingerprint density at radius 2 is 2.33 bits per heavy atom. The molecule has 0 saturated heterocycles. The van der Waals surface area contributed by atoms with E-state index < -0.39 is 6.29 Å². The molecule has 15 heavy (non-hydrogen) atoms. The number of allylic oxidation sites excluding steroid dienone is 1. The van der Waals surface area contributed by atoms with E-state index >= 15 is 0 Å². The maximum Gasteiger partial charge on any atom is 0.261 e. The van der Waals surface area contributed by atoms with Crippen molar-refractivity contribution in [3.05, 3.63) is 52.8 Å². The molecule has 0 N–H and O–H groups in total. The zero-order valence-electron chi connectivity index (χ0n) is 8.23. The van der Waals surface area contributed by atoms with E-state index in [1.807, 2.05) is 6.92 Å². The highest BCUT2D eigenvalue weighted by atomic mass is 16.7. The highest BCUT2D eigenvalue weighted by Gasteiger charge is 2.19. The topological polar surface area (TPSA) is 48.7 Å². The highest BCUT2D eigenvalue weighted by molar-refractivity contribution is 5.27. The average molecular weight is 206 g/mol. The second kappa shape index (κ2) is 3.65. The Hall–Kier alpha value is -1.97. The van der Waals surface area contributed by atoms with Crippen molar-refractivity contribution in [3.63, 3.8) is 0 Å². The molecule has 78 valence electrons. The van der Waals surface area contributed by atoms with E-state index in [-0.39, 0.29) is 11.2 Å². The molecular weight excluding hydrogens is 196 g/mol. The third-order valence-corrected chi connectivity index (χ3v) is 2.04. The summed E-state index contributed by atoms with van der Waals surface area (Å²) in [5.74, 6) is 0.682. The van der Waals surface area contributed by atoms with Crippen molar-refractivity contribution < 1.29 is 13.9 Å². The van der Waals surface area contributed by atoms with Crippen LogP contribution in [-0.2, 0) is 4.74 Å². The first-order valence-corrected chi connectivity index (χ1v) is 4.44. The minimum Gasteiger partial charge on any atom is -0.468 e. The zero-order valence-corrected chi connectivity index (χ0v) is 8.23. The van der Waals surface area contributed by atoms with Gasteiger partial charge in [0.05, 0.1) is 6.26 Å². The second-order valence-electron chi connectivity index (χ2n) is 3.16. The lowest BCUT2D eigenvalue weighted by Gasteiger charge is -2.11. The Balaban J connectivity index is 2.15. The first kappa shape index (κ1) is 9.58. The Bertz CT molecular complexity index is 469. The van der Waals surface area contributed by atoms with E-state index in [1.165, 1.54) is 18.6 Å². The molecule has 4 heteroatoms. The monoisotopic (exact) mass is 206 g/mol. The fourth-order valence-corrected chi connectivity index (χ4v) is 1.18. The van der Waals surface area contributed by atoms with Gasteiger partial charge in [0.25, 0.3) is 6.29 Å². The summed E-state index contributed by atoms with van der Waals surface area (Å²) in [7, 11) is 0. The number of hydrogen-bond acceptors (Lipinski definition) is 4. The van der Waals surface area contributed by atoms with Crippen LogP contribution in [0.3, 0.4) is 0 Å². The van der Waals surface area contributed by atoms with Gasteiger partial charge in [-0.1, -0.05) is 6.58 Å². The Kier molecular flexibility index (Phi) is 2.33. The van der Waals surface area contributed by atoms with Crippen molar-refractivity contribution in [2.75, 3.05) is 0 Å². The zero-order chi connectivity index (χ0) is 10.8. The number of rotatable bonds is 2. The Morgan fingerprint density at radius 3 is 2.93 bits per heavy atom. The Morgan fingerprint density at radius 1 is 1.53 bits per heavy atom. The molecule has 0 aromatic carbocycles. The van der Waals surface area contributed by atoms with Crippen molar-refractivity contribution in [1.82, 2.24) is 0 Å². The molecule has 0 aliphatic carbocycles. The predicted octanol–water partition coefficient (Wildman–Crippen LogP) is 1.83. The molecule has 0 spiro atoms. The summed E-state index contributed by atoms with van der Waals surface area (Å²) in [6, 6.07) is 1.29. The lowest BCUT2D eigenvalue weighted by atomic mass is 10.3. The average Bonchev–Trinajstić information content (AvgIpc) is 2.50. The lowest BCUT2D eigenvalue weighted by Crippen LogP contribution is -2.17. The van der Waals surface area contributed by atoms with Gasteiger partial charge in [-0.3, -0.25) is 4.79 Å². The van der Waals surface area contributed by atoms with Gasteiger partial charge in [0.15, 0.2) is 0 Å². The molecule has 0 saturated carbocycles. The van der Waals surface area contributed by atoms with Crippen molar-refractivity contribution in [2.45, 2.75) is 13.2 Å². The number of ether oxygens (including phenoxy) is 2. The quantitative estimate of drug-likeness (QED) is 0.740. The van der Waals surface area contributed by atoms with E-state index in [2.05, 4.69) is 6.58 Å². The van der Waals surface area contributed by atoms with Crippen LogP contribution in [0.5, 0.6) is 5.75 Å². The molecule has 1 atom stereocenters. The third-order valence-electron chi connectivity index (χ3n) is 2.04. The van der Waals surface area contributed by atoms with Gasteiger partial charge in [0.1, 0.15) is 12.0 Å². The van der Waals surface area contributed by atoms with Crippen LogP contribution in [0.25, 0.3) is 0 Å². The molecule has 4 nitrogen and oxygen atoms in total. The van der Waals surface area contributed by atoms with Crippen LogP contribution in [0, 0.1) is 0 Å². The Labute approximate surface area is 86.4 Å². The highest BCUT2D eigenvalue weighted by Crippen LogP contribution is 2.22. The summed E-state index contributed by atoms with van der Waals surface area (Å²) < 4.78 is 15.4. The predicted molar refractivity (Wildman–Crippen MR) is 53.4 cm³/mol. The minimum atomic E-state index is -0.595. The van der Waals surface area contributed by atoms with Gasteiger partial charge in [0.2, 0.25) is 11.2 Å². The summed E-state index contributed by atoms with van der Waals surface area (Å²) in [5.41, 5.74) is 0.661. The van der Waals surface area contributed by atoms with Gasteiger partial charge in [0, 0.05) is 12.1 Å². The molecule has 1 aliphatic rings. The molecule has 1 aromatic heterocycles. The maximum atomic E-state index is 11.3. The van der Waals surface area contributed by atoms with Crippen LogP contribution in [0.1, 0.15) is 6.92 Å². The fraction of sp³-hybridized carbons (Fsp3) is 0.182. The first-order valence-electron chi connectivity index (χ1n) is 4.44. The molecule has 1 aliphatic heterocycles. The second-order valence-corrected chi connectivity index (χ2v) is 3.16. The number of hydrogen-bond donors (Lipinski definition) is 0. The molecule has 1 unspecified atom stereocenters. The normalized spacial score (nSPS) is 19.7. The summed E-state index contributed by atoms with van der Waals surface area (Å²) >= 11 is 0. The largest absolute Gasteiger partial charge is 0.468 e. The molecular formula is C11H10O4. The van der Waals surface area contributed by atoms with Crippen LogP contribution in [0.2, 0.25) is 0 Å². The van der Waals surface area contributed by atoms with Gasteiger partial charge >= 0.3 is 0 Å². The minimum absolute atomic E-state index is 0.126. The van der Waals surface area contributed by atoms with E-state index in [1.54, 1.807) is 6.08 Å².